The summed E-state index contributed by atoms with van der Waals surface area (Å²) >= 11 is 0. The monoisotopic (exact) mass is 323 g/mol. The number of nitrogens with one attached hydrogen (secondary N) is 2. The van der Waals surface area contributed by atoms with E-state index < -0.39 is 17.8 Å². The van der Waals surface area contributed by atoms with Crippen LogP contribution in [0.2, 0.25) is 0 Å². The molecule has 0 heterocycles. The van der Waals surface area contributed by atoms with E-state index in [0.717, 1.165) is 0 Å². The van der Waals surface area contributed by atoms with E-state index in [-0.39, 0.29) is 11.3 Å². The summed E-state index contributed by atoms with van der Waals surface area (Å²) in [4.78, 5) is 35.2. The molecule has 0 aliphatic heterocycles. The SMILES string of the molecule is COC(=O)c1cccc(NC(=O)C(=O)Nc2ccc(C#N)cc2)c1. The first kappa shape index (κ1) is 16.7. The van der Waals surface area contributed by atoms with E-state index in [1.807, 2.05) is 6.07 Å². The van der Waals surface area contributed by atoms with E-state index >= 15 is 0 Å². The molecule has 2 aromatic carbocycles. The number of nitriles is 1. The number of hydrogen-bond donors (Lipinski definition) is 2. The second kappa shape index (κ2) is 7.56. The van der Waals surface area contributed by atoms with Crippen LogP contribution < -0.4 is 10.6 Å². The molecule has 0 atom stereocenters. The fraction of sp³-hybridized carbons (Fsp3) is 0.0588. The van der Waals surface area contributed by atoms with Crippen molar-refractivity contribution >= 4 is 29.2 Å². The van der Waals surface area contributed by atoms with Crippen LogP contribution in [0, 0.1) is 11.3 Å². The van der Waals surface area contributed by atoms with Gasteiger partial charge in [-0.1, -0.05) is 6.07 Å². The predicted octanol–water partition coefficient (Wildman–Crippen LogP) is 1.92. The summed E-state index contributed by atoms with van der Waals surface area (Å²) in [7, 11) is 1.25. The first-order valence-corrected chi connectivity index (χ1v) is 6.84. The molecule has 0 aromatic heterocycles. The molecule has 120 valence electrons. The van der Waals surface area contributed by atoms with Gasteiger partial charge in [0.2, 0.25) is 0 Å². The van der Waals surface area contributed by atoms with E-state index in [0.29, 0.717) is 11.3 Å². The lowest BCUT2D eigenvalue weighted by molar-refractivity contribution is -0.132. The van der Waals surface area contributed by atoms with Crippen molar-refractivity contribution in [1.82, 2.24) is 0 Å². The average Bonchev–Trinajstić information content (AvgIpc) is 2.61. The van der Waals surface area contributed by atoms with Crippen LogP contribution in [-0.4, -0.2) is 24.9 Å². The third-order valence-corrected chi connectivity index (χ3v) is 3.02. The van der Waals surface area contributed by atoms with Crippen molar-refractivity contribution in [2.75, 3.05) is 17.7 Å². The van der Waals surface area contributed by atoms with Gasteiger partial charge in [-0.3, -0.25) is 9.59 Å². The molecule has 7 nitrogen and oxygen atoms in total. The van der Waals surface area contributed by atoms with Gasteiger partial charge < -0.3 is 15.4 Å². The number of benzene rings is 2. The van der Waals surface area contributed by atoms with Crippen LogP contribution in [-0.2, 0) is 14.3 Å². The lowest BCUT2D eigenvalue weighted by atomic mass is 10.2. The van der Waals surface area contributed by atoms with Crippen LogP contribution in [0.3, 0.4) is 0 Å². The fourth-order valence-corrected chi connectivity index (χ4v) is 1.85. The van der Waals surface area contributed by atoms with Gasteiger partial charge in [-0.05, 0) is 42.5 Å². The minimum atomic E-state index is -0.888. The van der Waals surface area contributed by atoms with Gasteiger partial charge >= 0.3 is 17.8 Å². The molecule has 0 saturated heterocycles. The standard InChI is InChI=1S/C17H13N3O4/c1-24-17(23)12-3-2-4-14(9-12)20-16(22)15(21)19-13-7-5-11(10-18)6-8-13/h2-9H,1H3,(H,19,21)(H,20,22). The Balaban J connectivity index is 2.02. The molecule has 2 aromatic rings. The van der Waals surface area contributed by atoms with Crippen LogP contribution in [0.4, 0.5) is 11.4 Å². The Morgan fingerprint density at radius 1 is 0.958 bits per heavy atom. The average molecular weight is 323 g/mol. The zero-order valence-corrected chi connectivity index (χ0v) is 12.7. The molecule has 2 amide bonds. The highest BCUT2D eigenvalue weighted by Crippen LogP contribution is 2.12. The van der Waals surface area contributed by atoms with Gasteiger partial charge in [0.05, 0.1) is 24.3 Å². The topological polar surface area (TPSA) is 108 Å². The highest BCUT2D eigenvalue weighted by Gasteiger charge is 2.15. The summed E-state index contributed by atoms with van der Waals surface area (Å²) in [6.45, 7) is 0. The molecule has 0 saturated carbocycles. The Kier molecular flexibility index (Phi) is 5.26. The zero-order valence-electron chi connectivity index (χ0n) is 12.7. The number of carbonyl (C=O) groups excluding carboxylic acids is 3. The van der Waals surface area contributed by atoms with E-state index in [1.165, 1.54) is 43.5 Å². The molecule has 0 aliphatic carbocycles. The van der Waals surface area contributed by atoms with Gasteiger partial charge in [-0.15, -0.1) is 0 Å². The normalized spacial score (nSPS) is 9.50. The second-order valence-corrected chi connectivity index (χ2v) is 4.67. The Bertz CT molecular complexity index is 822. The number of ether oxygens (including phenoxy) is 1. The molecule has 0 bridgehead atoms. The van der Waals surface area contributed by atoms with E-state index in [4.69, 9.17) is 5.26 Å². The molecule has 0 unspecified atom stereocenters. The molecule has 0 fully saturated rings. The van der Waals surface area contributed by atoms with Crippen molar-refractivity contribution in [2.24, 2.45) is 0 Å². The Morgan fingerprint density at radius 2 is 1.58 bits per heavy atom. The molecule has 0 radical (unpaired) electrons. The third-order valence-electron chi connectivity index (χ3n) is 3.02. The molecular formula is C17H13N3O4. The highest BCUT2D eigenvalue weighted by atomic mass is 16.5. The summed E-state index contributed by atoms with van der Waals surface area (Å²) in [5.74, 6) is -2.31. The molecule has 24 heavy (non-hydrogen) atoms. The molecule has 0 spiro atoms. The quantitative estimate of drug-likeness (QED) is 0.662. The first-order valence-electron chi connectivity index (χ1n) is 6.84. The number of rotatable bonds is 3. The number of esters is 1. The van der Waals surface area contributed by atoms with Crippen LogP contribution in [0.25, 0.3) is 0 Å². The maximum Gasteiger partial charge on any atom is 0.337 e. The van der Waals surface area contributed by atoms with E-state index in [2.05, 4.69) is 15.4 Å². The van der Waals surface area contributed by atoms with Gasteiger partial charge in [-0.2, -0.15) is 5.26 Å². The van der Waals surface area contributed by atoms with Crippen LogP contribution in [0.5, 0.6) is 0 Å². The summed E-state index contributed by atoms with van der Waals surface area (Å²) in [6.07, 6.45) is 0. The van der Waals surface area contributed by atoms with Gasteiger partial charge in [0, 0.05) is 11.4 Å². The molecule has 7 heteroatoms. The Labute approximate surface area is 137 Å². The second-order valence-electron chi connectivity index (χ2n) is 4.67. The number of amides is 2. The maximum atomic E-state index is 11.9. The number of methoxy groups -OCH3 is 1. The molecule has 2 rings (SSSR count). The predicted molar refractivity (Wildman–Crippen MR) is 86.2 cm³/mol. The first-order chi connectivity index (χ1) is 11.5. The van der Waals surface area contributed by atoms with Crippen molar-refractivity contribution < 1.29 is 19.1 Å². The van der Waals surface area contributed by atoms with Crippen LogP contribution in [0.1, 0.15) is 15.9 Å². The summed E-state index contributed by atoms with van der Waals surface area (Å²) in [5.41, 5.74) is 1.37. The van der Waals surface area contributed by atoms with Gasteiger partial charge in [0.15, 0.2) is 0 Å². The lowest BCUT2D eigenvalue weighted by Crippen LogP contribution is -2.29. The van der Waals surface area contributed by atoms with Gasteiger partial charge in [0.25, 0.3) is 0 Å². The van der Waals surface area contributed by atoms with E-state index in [1.54, 1.807) is 12.1 Å². The van der Waals surface area contributed by atoms with E-state index in [9.17, 15) is 14.4 Å². The minimum Gasteiger partial charge on any atom is -0.465 e. The lowest BCUT2D eigenvalue weighted by Gasteiger charge is -2.07. The summed E-state index contributed by atoms with van der Waals surface area (Å²) in [6, 6.07) is 14.1. The van der Waals surface area contributed by atoms with Crippen LogP contribution in [0.15, 0.2) is 48.5 Å². The third kappa shape index (κ3) is 4.18. The smallest absolute Gasteiger partial charge is 0.337 e. The van der Waals surface area contributed by atoms with Gasteiger partial charge in [0.1, 0.15) is 0 Å². The summed E-state index contributed by atoms with van der Waals surface area (Å²) in [5, 5.41) is 13.5. The van der Waals surface area contributed by atoms with Crippen molar-refractivity contribution in [2.45, 2.75) is 0 Å². The number of hydrogen-bond acceptors (Lipinski definition) is 5. The molecule has 0 aliphatic rings. The minimum absolute atomic E-state index is 0.253. The van der Waals surface area contributed by atoms with Gasteiger partial charge in [-0.25, -0.2) is 4.79 Å². The maximum absolute atomic E-state index is 11.9. The van der Waals surface area contributed by atoms with Crippen molar-refractivity contribution in [1.29, 1.82) is 5.26 Å². The van der Waals surface area contributed by atoms with Crippen LogP contribution >= 0.6 is 0 Å². The zero-order chi connectivity index (χ0) is 17.5. The Morgan fingerprint density at radius 3 is 2.17 bits per heavy atom. The number of anilines is 2. The number of carbonyl (C=O) groups is 3. The highest BCUT2D eigenvalue weighted by molar-refractivity contribution is 6.43. The largest absolute Gasteiger partial charge is 0.465 e. The van der Waals surface area contributed by atoms with Crippen molar-refractivity contribution in [3.8, 4) is 6.07 Å². The molecular weight excluding hydrogens is 310 g/mol. The number of nitrogens with zero attached hydrogens (tertiary/aromatic N) is 1. The van der Waals surface area contributed by atoms with Crippen molar-refractivity contribution in [3.63, 3.8) is 0 Å². The Hall–Kier alpha value is -3.66. The fourth-order valence-electron chi connectivity index (χ4n) is 1.85. The molecule has 2 N–H and O–H groups in total. The van der Waals surface area contributed by atoms with Crippen molar-refractivity contribution in [3.05, 3.63) is 59.7 Å². The summed E-state index contributed by atoms with van der Waals surface area (Å²) < 4.78 is 4.59.